The van der Waals surface area contributed by atoms with Gasteiger partial charge >= 0.3 is 0 Å². The Morgan fingerprint density at radius 1 is 1.08 bits per heavy atom. The number of amides is 2. The Kier molecular flexibility index (Phi) is 4.82. The number of carbonyl (C=O) groups excluding carboxylic acids is 2. The maximum Gasteiger partial charge on any atom is 0.267 e. The summed E-state index contributed by atoms with van der Waals surface area (Å²) in [7, 11) is -4.08. The van der Waals surface area contributed by atoms with Gasteiger partial charge < -0.3 is 5.32 Å². The number of anilines is 1. The summed E-state index contributed by atoms with van der Waals surface area (Å²) < 4.78 is 26.5. The average Bonchev–Trinajstić information content (AvgIpc) is 2.98. The van der Waals surface area contributed by atoms with E-state index < -0.39 is 27.9 Å². The van der Waals surface area contributed by atoms with E-state index in [0.29, 0.717) is 5.69 Å². The van der Waals surface area contributed by atoms with Crippen LogP contribution in [0.2, 0.25) is 0 Å². The van der Waals surface area contributed by atoms with Crippen molar-refractivity contribution < 1.29 is 18.0 Å². The zero-order chi connectivity index (χ0) is 18.9. The SMILES string of the molecule is Cc1ccc(S(=O)(=O)N2C(=O)CCC2C(=O)Nc2cccc(C)c2)cc1. The predicted octanol–water partition coefficient (Wildman–Crippen LogP) is 2.62. The van der Waals surface area contributed by atoms with E-state index in [0.717, 1.165) is 15.4 Å². The fraction of sp³-hybridized carbons (Fsp3) is 0.263. The first kappa shape index (κ1) is 18.1. The van der Waals surface area contributed by atoms with E-state index >= 15 is 0 Å². The van der Waals surface area contributed by atoms with Crippen LogP contribution in [0, 0.1) is 13.8 Å². The van der Waals surface area contributed by atoms with Gasteiger partial charge in [-0.1, -0.05) is 29.8 Å². The molecular weight excluding hydrogens is 352 g/mol. The molecule has 1 unspecified atom stereocenters. The summed E-state index contributed by atoms with van der Waals surface area (Å²) in [6.07, 6.45) is 0.193. The molecule has 1 saturated heterocycles. The number of sulfonamides is 1. The molecule has 1 N–H and O–H groups in total. The summed E-state index contributed by atoms with van der Waals surface area (Å²) in [5.41, 5.74) is 2.45. The first-order valence-electron chi connectivity index (χ1n) is 8.30. The van der Waals surface area contributed by atoms with Crippen molar-refractivity contribution in [2.45, 2.75) is 37.6 Å². The van der Waals surface area contributed by atoms with E-state index in [-0.39, 0.29) is 17.7 Å². The van der Waals surface area contributed by atoms with Crippen LogP contribution >= 0.6 is 0 Å². The summed E-state index contributed by atoms with van der Waals surface area (Å²) in [5, 5.41) is 2.71. The van der Waals surface area contributed by atoms with Crippen LogP contribution in [0.1, 0.15) is 24.0 Å². The molecule has 0 radical (unpaired) electrons. The van der Waals surface area contributed by atoms with Crippen molar-refractivity contribution in [2.24, 2.45) is 0 Å². The van der Waals surface area contributed by atoms with E-state index in [2.05, 4.69) is 5.32 Å². The predicted molar refractivity (Wildman–Crippen MR) is 98.0 cm³/mol. The van der Waals surface area contributed by atoms with Crippen molar-refractivity contribution >= 4 is 27.5 Å². The number of benzene rings is 2. The van der Waals surface area contributed by atoms with Gasteiger partial charge in [0, 0.05) is 12.1 Å². The number of carbonyl (C=O) groups is 2. The molecule has 2 aromatic rings. The van der Waals surface area contributed by atoms with E-state index in [1.165, 1.54) is 12.1 Å². The van der Waals surface area contributed by atoms with Crippen LogP contribution in [0.3, 0.4) is 0 Å². The Labute approximate surface area is 152 Å². The summed E-state index contributed by atoms with van der Waals surface area (Å²) >= 11 is 0. The molecule has 2 aromatic carbocycles. The van der Waals surface area contributed by atoms with Gasteiger partial charge in [-0.2, -0.15) is 0 Å². The molecule has 6 nitrogen and oxygen atoms in total. The third kappa shape index (κ3) is 3.48. The Morgan fingerprint density at radius 2 is 1.77 bits per heavy atom. The smallest absolute Gasteiger partial charge is 0.267 e. The lowest BCUT2D eigenvalue weighted by molar-refractivity contribution is -0.128. The first-order valence-corrected chi connectivity index (χ1v) is 9.74. The summed E-state index contributed by atoms with van der Waals surface area (Å²) in [6.45, 7) is 3.73. The van der Waals surface area contributed by atoms with Crippen molar-refractivity contribution in [1.82, 2.24) is 4.31 Å². The minimum absolute atomic E-state index is 0.00621. The van der Waals surface area contributed by atoms with Crippen LogP contribution in [0.25, 0.3) is 0 Å². The maximum atomic E-state index is 12.9. The van der Waals surface area contributed by atoms with Crippen LogP contribution in [-0.2, 0) is 19.6 Å². The van der Waals surface area contributed by atoms with Crippen LogP contribution < -0.4 is 5.32 Å². The van der Waals surface area contributed by atoms with Gasteiger partial charge in [0.1, 0.15) is 6.04 Å². The van der Waals surface area contributed by atoms with Gasteiger partial charge in [0.2, 0.25) is 11.8 Å². The molecule has 0 aliphatic carbocycles. The first-order chi connectivity index (χ1) is 12.3. The van der Waals surface area contributed by atoms with Gasteiger partial charge in [0.05, 0.1) is 4.90 Å². The lowest BCUT2D eigenvalue weighted by atomic mass is 10.2. The molecular formula is C19H20N2O4S. The molecule has 136 valence electrons. The van der Waals surface area contributed by atoms with Crippen molar-refractivity contribution in [3.05, 3.63) is 59.7 Å². The number of hydrogen-bond donors (Lipinski definition) is 1. The molecule has 1 aliphatic rings. The molecule has 7 heteroatoms. The normalized spacial score (nSPS) is 17.4. The second-order valence-corrected chi connectivity index (χ2v) is 8.24. The van der Waals surface area contributed by atoms with Gasteiger partial charge in [-0.3, -0.25) is 9.59 Å². The van der Waals surface area contributed by atoms with Gasteiger partial charge in [-0.05, 0) is 50.1 Å². The summed E-state index contributed by atoms with van der Waals surface area (Å²) in [4.78, 5) is 24.9. The van der Waals surface area contributed by atoms with Gasteiger partial charge in [-0.25, -0.2) is 12.7 Å². The van der Waals surface area contributed by atoms with Crippen molar-refractivity contribution in [3.8, 4) is 0 Å². The summed E-state index contributed by atoms with van der Waals surface area (Å²) in [6, 6.07) is 12.4. The largest absolute Gasteiger partial charge is 0.324 e. The highest BCUT2D eigenvalue weighted by Gasteiger charge is 2.44. The molecule has 1 fully saturated rings. The van der Waals surface area contributed by atoms with E-state index in [9.17, 15) is 18.0 Å². The maximum absolute atomic E-state index is 12.9. The lowest BCUT2D eigenvalue weighted by Gasteiger charge is -2.23. The fourth-order valence-corrected chi connectivity index (χ4v) is 4.58. The number of nitrogens with zero attached hydrogens (tertiary/aromatic N) is 1. The second kappa shape index (κ2) is 6.92. The molecule has 0 spiro atoms. The highest BCUT2D eigenvalue weighted by Crippen LogP contribution is 2.28. The third-order valence-electron chi connectivity index (χ3n) is 4.33. The zero-order valence-electron chi connectivity index (χ0n) is 14.6. The van der Waals surface area contributed by atoms with Crippen molar-refractivity contribution in [2.75, 3.05) is 5.32 Å². The quantitative estimate of drug-likeness (QED) is 0.894. The Balaban J connectivity index is 1.88. The molecule has 2 amide bonds. The lowest BCUT2D eigenvalue weighted by Crippen LogP contribution is -2.45. The Morgan fingerprint density at radius 3 is 2.42 bits per heavy atom. The molecule has 1 aliphatic heterocycles. The number of nitrogens with one attached hydrogen (secondary N) is 1. The average molecular weight is 372 g/mol. The molecule has 26 heavy (non-hydrogen) atoms. The van der Waals surface area contributed by atoms with Gasteiger partial charge in [-0.15, -0.1) is 0 Å². The monoisotopic (exact) mass is 372 g/mol. The minimum Gasteiger partial charge on any atom is -0.324 e. The van der Waals surface area contributed by atoms with E-state index in [1.807, 2.05) is 19.9 Å². The highest BCUT2D eigenvalue weighted by atomic mass is 32.2. The molecule has 3 rings (SSSR count). The van der Waals surface area contributed by atoms with Crippen LogP contribution in [0.15, 0.2) is 53.4 Å². The molecule has 0 bridgehead atoms. The van der Waals surface area contributed by atoms with Crippen molar-refractivity contribution in [1.29, 1.82) is 0 Å². The van der Waals surface area contributed by atoms with E-state index in [1.54, 1.807) is 30.3 Å². The van der Waals surface area contributed by atoms with Gasteiger partial charge in [0.25, 0.3) is 10.0 Å². The number of rotatable bonds is 4. The molecule has 1 heterocycles. The number of hydrogen-bond acceptors (Lipinski definition) is 4. The van der Waals surface area contributed by atoms with Gasteiger partial charge in [0.15, 0.2) is 0 Å². The molecule has 0 aromatic heterocycles. The third-order valence-corrected chi connectivity index (χ3v) is 6.17. The van der Waals surface area contributed by atoms with E-state index in [4.69, 9.17) is 0 Å². The fourth-order valence-electron chi connectivity index (χ4n) is 2.97. The minimum atomic E-state index is -4.08. The standard InChI is InChI=1S/C19H20N2O4S/c1-13-6-8-16(9-7-13)26(24,25)21-17(10-11-18(21)22)19(23)20-15-5-3-4-14(2)12-15/h3-9,12,17H,10-11H2,1-2H3,(H,20,23). The molecule has 1 atom stereocenters. The van der Waals surface area contributed by atoms with Crippen LogP contribution in [0.4, 0.5) is 5.69 Å². The zero-order valence-corrected chi connectivity index (χ0v) is 15.4. The topological polar surface area (TPSA) is 83.6 Å². The van der Waals surface area contributed by atoms with Crippen LogP contribution in [-0.4, -0.2) is 30.6 Å². The van der Waals surface area contributed by atoms with Crippen molar-refractivity contribution in [3.63, 3.8) is 0 Å². The second-order valence-electron chi connectivity index (χ2n) is 6.42. The Bertz CT molecular complexity index is 952. The number of aryl methyl sites for hydroxylation is 2. The summed E-state index contributed by atoms with van der Waals surface area (Å²) in [5.74, 6) is -1.06. The van der Waals surface area contributed by atoms with Crippen LogP contribution in [0.5, 0.6) is 0 Å². The molecule has 0 saturated carbocycles. The Hall–Kier alpha value is -2.67. The highest BCUT2D eigenvalue weighted by molar-refractivity contribution is 7.89.